The van der Waals surface area contributed by atoms with Crippen molar-refractivity contribution >= 4 is 23.4 Å². The molecular formula is C22H23N3OS. The van der Waals surface area contributed by atoms with E-state index in [-0.39, 0.29) is 11.8 Å². The monoisotopic (exact) mass is 377 g/mol. The lowest BCUT2D eigenvalue weighted by atomic mass is 10.2. The maximum atomic E-state index is 12.5. The number of hydrogen-bond donors (Lipinski definition) is 1. The first kappa shape index (κ1) is 17.9. The van der Waals surface area contributed by atoms with E-state index in [1.807, 2.05) is 31.6 Å². The number of aryl methyl sites for hydroxylation is 3. The summed E-state index contributed by atoms with van der Waals surface area (Å²) in [5, 5.41) is 7.24. The zero-order valence-corrected chi connectivity index (χ0v) is 16.6. The van der Waals surface area contributed by atoms with Gasteiger partial charge in [0.1, 0.15) is 0 Å². The molecule has 27 heavy (non-hydrogen) atoms. The fourth-order valence-corrected chi connectivity index (χ4v) is 4.27. The van der Waals surface area contributed by atoms with Crippen molar-refractivity contribution in [2.75, 3.05) is 5.32 Å². The standard InChI is InChI=1S/C22H23N3OS/c1-14-4-5-15(2)21(10-14)27-18-8-6-17(7-9-18)24-22(26)20-11-19(20)16-12-23-25(3)13-16/h4-10,12-13,19-20H,11H2,1-3H3,(H,24,26). The summed E-state index contributed by atoms with van der Waals surface area (Å²) >= 11 is 1.75. The number of aromatic nitrogens is 2. The minimum absolute atomic E-state index is 0.0539. The van der Waals surface area contributed by atoms with Crippen molar-refractivity contribution in [1.82, 2.24) is 9.78 Å². The molecule has 138 valence electrons. The summed E-state index contributed by atoms with van der Waals surface area (Å²) in [6.45, 7) is 4.24. The molecule has 2 unspecified atom stereocenters. The van der Waals surface area contributed by atoms with Crippen LogP contribution in [-0.2, 0) is 11.8 Å². The largest absolute Gasteiger partial charge is 0.326 e. The van der Waals surface area contributed by atoms with Crippen LogP contribution in [0.1, 0.15) is 29.0 Å². The van der Waals surface area contributed by atoms with Gasteiger partial charge < -0.3 is 5.32 Å². The molecule has 5 heteroatoms. The van der Waals surface area contributed by atoms with E-state index in [1.165, 1.54) is 20.9 Å². The van der Waals surface area contributed by atoms with Crippen LogP contribution in [0.2, 0.25) is 0 Å². The smallest absolute Gasteiger partial charge is 0.228 e. The number of nitrogens with one attached hydrogen (secondary N) is 1. The minimum Gasteiger partial charge on any atom is -0.326 e. The van der Waals surface area contributed by atoms with Gasteiger partial charge in [0.05, 0.1) is 6.20 Å². The fourth-order valence-electron chi connectivity index (χ4n) is 3.27. The maximum absolute atomic E-state index is 12.5. The summed E-state index contributed by atoms with van der Waals surface area (Å²) in [7, 11) is 1.90. The normalized spacial score (nSPS) is 18.3. The molecule has 0 radical (unpaired) electrons. The van der Waals surface area contributed by atoms with Gasteiger partial charge >= 0.3 is 0 Å². The predicted molar refractivity (Wildman–Crippen MR) is 109 cm³/mol. The minimum atomic E-state index is 0.0539. The summed E-state index contributed by atoms with van der Waals surface area (Å²) in [6.07, 6.45) is 4.76. The van der Waals surface area contributed by atoms with E-state index in [2.05, 4.69) is 54.6 Å². The lowest BCUT2D eigenvalue weighted by Gasteiger charge is -2.09. The number of carbonyl (C=O) groups excluding carboxylic acids is 1. The fraction of sp³-hybridized carbons (Fsp3) is 0.273. The van der Waals surface area contributed by atoms with Crippen LogP contribution in [0.5, 0.6) is 0 Å². The van der Waals surface area contributed by atoms with Gasteiger partial charge in [0.25, 0.3) is 0 Å². The average molecular weight is 378 g/mol. The first-order chi connectivity index (χ1) is 13.0. The molecule has 0 spiro atoms. The second-order valence-corrected chi connectivity index (χ2v) is 8.40. The summed E-state index contributed by atoms with van der Waals surface area (Å²) in [5.41, 5.74) is 4.54. The molecule has 4 nitrogen and oxygen atoms in total. The van der Waals surface area contributed by atoms with Crippen LogP contribution in [0.4, 0.5) is 5.69 Å². The van der Waals surface area contributed by atoms with Gasteiger partial charge in [0, 0.05) is 34.6 Å². The van der Waals surface area contributed by atoms with Crippen molar-refractivity contribution in [3.8, 4) is 0 Å². The van der Waals surface area contributed by atoms with Gasteiger partial charge in [-0.05, 0) is 73.2 Å². The molecule has 1 fully saturated rings. The zero-order chi connectivity index (χ0) is 19.0. The highest BCUT2D eigenvalue weighted by molar-refractivity contribution is 7.99. The molecule has 2 atom stereocenters. The first-order valence-electron chi connectivity index (χ1n) is 9.14. The van der Waals surface area contributed by atoms with Gasteiger partial charge in [-0.2, -0.15) is 5.10 Å². The van der Waals surface area contributed by atoms with E-state index < -0.39 is 0 Å². The molecule has 1 heterocycles. The number of nitrogens with zero attached hydrogens (tertiary/aromatic N) is 2. The number of benzene rings is 2. The highest BCUT2D eigenvalue weighted by Crippen LogP contribution is 2.47. The number of anilines is 1. The number of amides is 1. The van der Waals surface area contributed by atoms with Crippen LogP contribution in [0.3, 0.4) is 0 Å². The second-order valence-electron chi connectivity index (χ2n) is 7.28. The predicted octanol–water partition coefficient (Wildman–Crippen LogP) is 4.93. The van der Waals surface area contributed by atoms with Gasteiger partial charge in [-0.25, -0.2) is 0 Å². The Balaban J connectivity index is 1.37. The Morgan fingerprint density at radius 3 is 2.67 bits per heavy atom. The average Bonchev–Trinajstić information content (AvgIpc) is 3.34. The lowest BCUT2D eigenvalue weighted by Crippen LogP contribution is -2.14. The topological polar surface area (TPSA) is 46.9 Å². The van der Waals surface area contributed by atoms with E-state index >= 15 is 0 Å². The summed E-state index contributed by atoms with van der Waals surface area (Å²) < 4.78 is 1.79. The molecule has 1 saturated carbocycles. The third-order valence-electron chi connectivity index (χ3n) is 4.97. The van der Waals surface area contributed by atoms with Crippen LogP contribution in [-0.4, -0.2) is 15.7 Å². The van der Waals surface area contributed by atoms with Gasteiger partial charge in [-0.1, -0.05) is 23.9 Å². The quantitative estimate of drug-likeness (QED) is 0.686. The van der Waals surface area contributed by atoms with Crippen molar-refractivity contribution in [3.05, 3.63) is 71.5 Å². The van der Waals surface area contributed by atoms with Gasteiger partial charge in [-0.3, -0.25) is 9.48 Å². The molecule has 4 rings (SSSR count). The maximum Gasteiger partial charge on any atom is 0.228 e. The molecule has 3 aromatic rings. The molecule has 0 aliphatic heterocycles. The van der Waals surface area contributed by atoms with Crippen LogP contribution in [0.25, 0.3) is 0 Å². The Hall–Kier alpha value is -2.53. The summed E-state index contributed by atoms with van der Waals surface area (Å²) in [6, 6.07) is 14.6. The van der Waals surface area contributed by atoms with Crippen LogP contribution >= 0.6 is 11.8 Å². The number of hydrogen-bond acceptors (Lipinski definition) is 3. The van der Waals surface area contributed by atoms with E-state index in [1.54, 1.807) is 16.4 Å². The molecule has 0 saturated heterocycles. The van der Waals surface area contributed by atoms with Crippen molar-refractivity contribution in [1.29, 1.82) is 0 Å². The Morgan fingerprint density at radius 2 is 1.96 bits per heavy atom. The third-order valence-corrected chi connectivity index (χ3v) is 6.14. The second kappa shape index (κ2) is 7.24. The molecule has 1 amide bonds. The Morgan fingerprint density at radius 1 is 1.19 bits per heavy atom. The number of carbonyl (C=O) groups is 1. The van der Waals surface area contributed by atoms with Crippen LogP contribution < -0.4 is 5.32 Å². The van der Waals surface area contributed by atoms with Crippen molar-refractivity contribution in [2.24, 2.45) is 13.0 Å². The molecule has 1 N–H and O–H groups in total. The highest BCUT2D eigenvalue weighted by atomic mass is 32.2. The third kappa shape index (κ3) is 4.08. The van der Waals surface area contributed by atoms with E-state index in [0.29, 0.717) is 5.92 Å². The zero-order valence-electron chi connectivity index (χ0n) is 15.8. The Bertz CT molecular complexity index is 977. The molecule has 1 aromatic heterocycles. The molecule has 1 aliphatic carbocycles. The van der Waals surface area contributed by atoms with Crippen molar-refractivity contribution in [3.63, 3.8) is 0 Å². The molecule has 2 aromatic carbocycles. The van der Waals surface area contributed by atoms with Crippen LogP contribution in [0, 0.1) is 19.8 Å². The lowest BCUT2D eigenvalue weighted by molar-refractivity contribution is -0.117. The number of rotatable bonds is 5. The van der Waals surface area contributed by atoms with E-state index in [0.717, 1.165) is 17.7 Å². The Labute approximate surface area is 164 Å². The molecular weight excluding hydrogens is 354 g/mol. The van der Waals surface area contributed by atoms with E-state index in [9.17, 15) is 4.79 Å². The van der Waals surface area contributed by atoms with E-state index in [4.69, 9.17) is 0 Å². The summed E-state index contributed by atoms with van der Waals surface area (Å²) in [5.74, 6) is 0.454. The molecule has 1 aliphatic rings. The Kier molecular flexibility index (Phi) is 4.79. The van der Waals surface area contributed by atoms with Crippen molar-refractivity contribution in [2.45, 2.75) is 36.0 Å². The SMILES string of the molecule is Cc1ccc(C)c(Sc2ccc(NC(=O)C3CC3c3cnn(C)c3)cc2)c1. The van der Waals surface area contributed by atoms with Gasteiger partial charge in [0.2, 0.25) is 5.91 Å². The first-order valence-corrected chi connectivity index (χ1v) is 9.96. The summed E-state index contributed by atoms with van der Waals surface area (Å²) in [4.78, 5) is 14.9. The highest BCUT2D eigenvalue weighted by Gasteiger charge is 2.44. The molecule has 0 bridgehead atoms. The van der Waals surface area contributed by atoms with Crippen LogP contribution in [0.15, 0.2) is 64.6 Å². The van der Waals surface area contributed by atoms with Gasteiger partial charge in [0.15, 0.2) is 0 Å². The van der Waals surface area contributed by atoms with Crippen molar-refractivity contribution < 1.29 is 4.79 Å². The van der Waals surface area contributed by atoms with Gasteiger partial charge in [-0.15, -0.1) is 0 Å².